The van der Waals surface area contributed by atoms with Crippen molar-refractivity contribution >= 4 is 39.3 Å². The van der Waals surface area contributed by atoms with Crippen LogP contribution in [-0.2, 0) is 14.8 Å². The molecule has 1 aromatic heterocycles. The number of rotatable bonds is 4. The summed E-state index contributed by atoms with van der Waals surface area (Å²) in [6, 6.07) is 9.74. The molecule has 0 saturated carbocycles. The molecule has 33 heavy (non-hydrogen) atoms. The van der Waals surface area contributed by atoms with E-state index >= 15 is 0 Å². The number of piperazine rings is 2. The average molecular weight is 492 g/mol. The van der Waals surface area contributed by atoms with Crippen LogP contribution in [-0.4, -0.2) is 91.7 Å². The fourth-order valence-electron chi connectivity index (χ4n) is 4.04. The number of hydrogen-bond acceptors (Lipinski definition) is 6. The molecule has 0 atom stereocenters. The predicted octanol–water partition coefficient (Wildman–Crippen LogP) is 1.55. The summed E-state index contributed by atoms with van der Waals surface area (Å²) in [6.07, 6.45) is 1.60. The van der Waals surface area contributed by atoms with Crippen LogP contribution in [0.3, 0.4) is 0 Å². The Bertz CT molecular complexity index is 1110. The summed E-state index contributed by atoms with van der Waals surface area (Å²) in [4.78, 5) is 34.4. The Balaban J connectivity index is 1.36. The van der Waals surface area contributed by atoms with Gasteiger partial charge in [-0.1, -0.05) is 11.6 Å². The lowest BCUT2D eigenvalue weighted by Crippen LogP contribution is -2.50. The quantitative estimate of drug-likeness (QED) is 0.644. The van der Waals surface area contributed by atoms with Crippen molar-refractivity contribution in [3.8, 4) is 0 Å². The molecule has 0 aliphatic carbocycles. The van der Waals surface area contributed by atoms with E-state index in [2.05, 4.69) is 9.88 Å². The molecule has 9 nitrogen and oxygen atoms in total. The maximum atomic E-state index is 12.9. The third-order valence-corrected chi connectivity index (χ3v) is 8.16. The fourth-order valence-corrected chi connectivity index (χ4v) is 5.57. The highest BCUT2D eigenvalue weighted by Gasteiger charge is 2.30. The number of sulfonamides is 1. The van der Waals surface area contributed by atoms with Crippen molar-refractivity contribution in [2.75, 3.05) is 57.3 Å². The number of pyridine rings is 1. The minimum Gasteiger partial charge on any atom is -0.353 e. The molecule has 2 aromatic rings. The van der Waals surface area contributed by atoms with Crippen molar-refractivity contribution in [3.05, 3.63) is 53.2 Å². The molecule has 0 unspecified atom stereocenters. The van der Waals surface area contributed by atoms with Gasteiger partial charge in [0.05, 0.1) is 9.92 Å². The zero-order valence-corrected chi connectivity index (χ0v) is 19.9. The van der Waals surface area contributed by atoms with Crippen molar-refractivity contribution in [1.82, 2.24) is 19.1 Å². The molecule has 176 valence electrons. The molecule has 0 N–H and O–H groups in total. The lowest BCUT2D eigenvalue weighted by Gasteiger charge is -2.35. The van der Waals surface area contributed by atoms with Gasteiger partial charge in [-0.15, -0.1) is 0 Å². The minimum atomic E-state index is -3.67. The Hall–Kier alpha value is -2.69. The highest BCUT2D eigenvalue weighted by Crippen LogP contribution is 2.20. The molecule has 2 amide bonds. The van der Waals surface area contributed by atoms with Gasteiger partial charge in [0.2, 0.25) is 15.9 Å². The highest BCUT2D eigenvalue weighted by molar-refractivity contribution is 7.89. The van der Waals surface area contributed by atoms with E-state index in [9.17, 15) is 18.0 Å². The number of amides is 2. The molecule has 4 rings (SSSR count). The van der Waals surface area contributed by atoms with E-state index in [1.54, 1.807) is 34.2 Å². The van der Waals surface area contributed by atoms with Gasteiger partial charge in [0, 0.05) is 71.0 Å². The number of carbonyl (C=O) groups excluding carboxylic acids is 2. The van der Waals surface area contributed by atoms with Crippen LogP contribution in [0.4, 0.5) is 5.82 Å². The number of nitrogens with zero attached hydrogens (tertiary/aromatic N) is 5. The first-order chi connectivity index (χ1) is 15.8. The SMILES string of the molecule is CC(=O)N1CCN(S(=O)(=O)c2ccc(C(=O)N3CCN(c4ccc(Cl)cn4)CC3)cc2)CC1. The number of carbonyl (C=O) groups is 2. The Morgan fingerprint density at radius 1 is 0.848 bits per heavy atom. The van der Waals surface area contributed by atoms with Crippen LogP contribution in [0.5, 0.6) is 0 Å². The lowest BCUT2D eigenvalue weighted by molar-refractivity contribution is -0.129. The molecule has 2 fully saturated rings. The largest absolute Gasteiger partial charge is 0.353 e. The molecule has 0 radical (unpaired) electrons. The van der Waals surface area contributed by atoms with E-state index in [4.69, 9.17) is 11.6 Å². The van der Waals surface area contributed by atoms with Gasteiger partial charge in [-0.05, 0) is 36.4 Å². The van der Waals surface area contributed by atoms with Crippen LogP contribution in [0, 0.1) is 0 Å². The predicted molar refractivity (Wildman–Crippen MR) is 125 cm³/mol. The maximum Gasteiger partial charge on any atom is 0.253 e. The summed E-state index contributed by atoms with van der Waals surface area (Å²) < 4.78 is 27.3. The average Bonchev–Trinajstić information content (AvgIpc) is 2.84. The van der Waals surface area contributed by atoms with Crippen LogP contribution >= 0.6 is 11.6 Å². The standard InChI is InChI=1S/C22H26ClN5O4S/c1-17(29)25-12-14-28(15-13-25)33(31,32)20-5-2-18(3-6-20)22(30)27-10-8-26(9-11-27)21-7-4-19(23)16-24-21/h2-7,16H,8-15H2,1H3. The van der Waals surface area contributed by atoms with Crippen LogP contribution in [0.15, 0.2) is 47.5 Å². The van der Waals surface area contributed by atoms with Crippen LogP contribution in [0.25, 0.3) is 0 Å². The van der Waals surface area contributed by atoms with Gasteiger partial charge in [0.25, 0.3) is 5.91 Å². The smallest absolute Gasteiger partial charge is 0.253 e. The highest BCUT2D eigenvalue weighted by atomic mass is 35.5. The Morgan fingerprint density at radius 2 is 1.45 bits per heavy atom. The van der Waals surface area contributed by atoms with Crippen LogP contribution < -0.4 is 4.90 Å². The van der Waals surface area contributed by atoms with Gasteiger partial charge in [-0.2, -0.15) is 4.31 Å². The van der Waals surface area contributed by atoms with Crippen molar-refractivity contribution in [2.45, 2.75) is 11.8 Å². The fraction of sp³-hybridized carbons (Fsp3) is 0.409. The van der Waals surface area contributed by atoms with Crippen molar-refractivity contribution < 1.29 is 18.0 Å². The number of halogens is 1. The first-order valence-corrected chi connectivity index (χ1v) is 12.6. The molecule has 11 heteroatoms. The second-order valence-corrected chi connectivity index (χ2v) is 10.4. The van der Waals surface area contributed by atoms with Crippen LogP contribution in [0.1, 0.15) is 17.3 Å². The zero-order valence-electron chi connectivity index (χ0n) is 18.4. The summed E-state index contributed by atoms with van der Waals surface area (Å²) in [6.45, 7) is 5.15. The topological polar surface area (TPSA) is 94.1 Å². The van der Waals surface area contributed by atoms with E-state index in [-0.39, 0.29) is 29.8 Å². The normalized spacial score (nSPS) is 17.8. The van der Waals surface area contributed by atoms with E-state index < -0.39 is 10.0 Å². The molecule has 3 heterocycles. The number of hydrogen-bond donors (Lipinski definition) is 0. The summed E-state index contributed by atoms with van der Waals surface area (Å²) >= 11 is 5.90. The molecule has 2 saturated heterocycles. The third kappa shape index (κ3) is 5.13. The molecule has 1 aromatic carbocycles. The minimum absolute atomic E-state index is 0.0554. The van der Waals surface area contributed by atoms with Gasteiger partial charge in [-0.25, -0.2) is 13.4 Å². The Labute approximate surface area is 198 Å². The summed E-state index contributed by atoms with van der Waals surface area (Å²) in [5.74, 6) is 0.642. The van der Waals surface area contributed by atoms with E-state index in [1.165, 1.54) is 23.4 Å². The van der Waals surface area contributed by atoms with Crippen molar-refractivity contribution in [1.29, 1.82) is 0 Å². The summed E-state index contributed by atoms with van der Waals surface area (Å²) in [7, 11) is -3.67. The van der Waals surface area contributed by atoms with E-state index in [0.717, 1.165) is 5.82 Å². The van der Waals surface area contributed by atoms with Crippen molar-refractivity contribution in [2.24, 2.45) is 0 Å². The van der Waals surface area contributed by atoms with Gasteiger partial charge < -0.3 is 14.7 Å². The summed E-state index contributed by atoms with van der Waals surface area (Å²) in [5.41, 5.74) is 0.452. The number of benzene rings is 1. The first-order valence-electron chi connectivity index (χ1n) is 10.8. The zero-order chi connectivity index (χ0) is 23.6. The number of aromatic nitrogens is 1. The lowest BCUT2D eigenvalue weighted by atomic mass is 10.2. The molecular weight excluding hydrogens is 466 g/mol. The Kier molecular flexibility index (Phi) is 6.87. The molecular formula is C22H26ClN5O4S. The molecule has 2 aliphatic rings. The molecule has 0 spiro atoms. The molecule has 0 bridgehead atoms. The number of anilines is 1. The monoisotopic (exact) mass is 491 g/mol. The van der Waals surface area contributed by atoms with Gasteiger partial charge in [-0.3, -0.25) is 9.59 Å². The maximum absolute atomic E-state index is 12.9. The second-order valence-electron chi connectivity index (χ2n) is 8.05. The van der Waals surface area contributed by atoms with Crippen molar-refractivity contribution in [3.63, 3.8) is 0 Å². The van der Waals surface area contributed by atoms with E-state index in [1.807, 2.05) is 6.07 Å². The summed E-state index contributed by atoms with van der Waals surface area (Å²) in [5, 5.41) is 0.580. The molecule has 2 aliphatic heterocycles. The van der Waals surface area contributed by atoms with Gasteiger partial charge >= 0.3 is 0 Å². The van der Waals surface area contributed by atoms with Crippen LogP contribution in [0.2, 0.25) is 5.02 Å². The van der Waals surface area contributed by atoms with Gasteiger partial charge in [0.15, 0.2) is 0 Å². The van der Waals surface area contributed by atoms with Gasteiger partial charge in [0.1, 0.15) is 5.82 Å². The van der Waals surface area contributed by atoms with E-state index in [0.29, 0.717) is 49.9 Å². The third-order valence-electron chi connectivity index (χ3n) is 6.03. The first kappa shape index (κ1) is 23.5. The second kappa shape index (κ2) is 9.66. The Morgan fingerprint density at radius 3 is 2.00 bits per heavy atom.